The first kappa shape index (κ1) is 17.7. The van der Waals surface area contributed by atoms with Crippen LogP contribution in [0, 0.1) is 20.8 Å². The number of H-pyrrole nitrogens is 1. The molecule has 2 heterocycles. The van der Waals surface area contributed by atoms with E-state index in [9.17, 15) is 9.59 Å². The predicted molar refractivity (Wildman–Crippen MR) is 100 cm³/mol. The van der Waals surface area contributed by atoms with Crippen molar-refractivity contribution in [3.05, 3.63) is 62.7 Å². The van der Waals surface area contributed by atoms with Gasteiger partial charge in [-0.3, -0.25) is 15.1 Å². The van der Waals surface area contributed by atoms with E-state index in [1.807, 2.05) is 0 Å². The molecule has 26 heavy (non-hydrogen) atoms. The van der Waals surface area contributed by atoms with Gasteiger partial charge >= 0.3 is 6.03 Å². The summed E-state index contributed by atoms with van der Waals surface area (Å²) in [6, 6.07) is 8.00. The molecule has 0 aliphatic carbocycles. The van der Waals surface area contributed by atoms with Gasteiger partial charge in [0, 0.05) is 28.0 Å². The SMILES string of the molecule is Cc1cc(NC(=O)Nc2cccc(Cl)c2)n(-c2nc(C)c(C)c(=O)[nH]2)n1. The molecular formula is C17H17ClN6O2. The van der Waals surface area contributed by atoms with E-state index in [4.69, 9.17) is 11.6 Å². The molecular weight excluding hydrogens is 356 g/mol. The number of anilines is 2. The normalized spacial score (nSPS) is 10.6. The van der Waals surface area contributed by atoms with Gasteiger partial charge in [0.05, 0.1) is 5.69 Å². The Morgan fingerprint density at radius 1 is 1.19 bits per heavy atom. The summed E-state index contributed by atoms with van der Waals surface area (Å²) in [5.41, 5.74) is 2.08. The Hall–Kier alpha value is -3.13. The average molecular weight is 373 g/mol. The van der Waals surface area contributed by atoms with Crippen LogP contribution in [0.25, 0.3) is 5.95 Å². The van der Waals surface area contributed by atoms with Crippen LogP contribution >= 0.6 is 11.6 Å². The number of benzene rings is 1. The number of aryl methyl sites for hydroxylation is 2. The van der Waals surface area contributed by atoms with Gasteiger partial charge in [0.2, 0.25) is 5.95 Å². The molecule has 0 fully saturated rings. The number of hydrogen-bond acceptors (Lipinski definition) is 4. The van der Waals surface area contributed by atoms with Crippen molar-refractivity contribution in [3.8, 4) is 5.95 Å². The van der Waals surface area contributed by atoms with E-state index in [1.54, 1.807) is 51.1 Å². The maximum absolute atomic E-state index is 12.3. The van der Waals surface area contributed by atoms with Gasteiger partial charge in [-0.25, -0.2) is 9.78 Å². The number of nitrogens with one attached hydrogen (secondary N) is 3. The van der Waals surface area contributed by atoms with Crippen LogP contribution in [0.5, 0.6) is 0 Å². The predicted octanol–water partition coefficient (Wildman–Crippen LogP) is 3.18. The third-order valence-corrected chi connectivity index (χ3v) is 3.97. The number of hydrogen-bond donors (Lipinski definition) is 3. The maximum atomic E-state index is 12.3. The minimum Gasteiger partial charge on any atom is -0.308 e. The first-order chi connectivity index (χ1) is 12.3. The summed E-state index contributed by atoms with van der Waals surface area (Å²) < 4.78 is 1.38. The van der Waals surface area contributed by atoms with Crippen molar-refractivity contribution >= 4 is 29.1 Å². The van der Waals surface area contributed by atoms with E-state index in [0.717, 1.165) is 0 Å². The van der Waals surface area contributed by atoms with Crippen molar-refractivity contribution in [1.82, 2.24) is 19.7 Å². The Balaban J connectivity index is 1.88. The Morgan fingerprint density at radius 3 is 2.65 bits per heavy atom. The van der Waals surface area contributed by atoms with Crippen molar-refractivity contribution in [1.29, 1.82) is 0 Å². The highest BCUT2D eigenvalue weighted by atomic mass is 35.5. The number of amides is 2. The zero-order valence-corrected chi connectivity index (χ0v) is 15.2. The number of rotatable bonds is 3. The molecule has 8 nitrogen and oxygen atoms in total. The Bertz CT molecular complexity index is 1040. The van der Waals surface area contributed by atoms with E-state index in [2.05, 4.69) is 25.7 Å². The van der Waals surface area contributed by atoms with Crippen molar-refractivity contribution < 1.29 is 4.79 Å². The zero-order chi connectivity index (χ0) is 18.8. The lowest BCUT2D eigenvalue weighted by Gasteiger charge is -2.10. The first-order valence-electron chi connectivity index (χ1n) is 7.81. The summed E-state index contributed by atoms with van der Waals surface area (Å²) in [4.78, 5) is 31.3. The van der Waals surface area contributed by atoms with Crippen LogP contribution in [0.4, 0.5) is 16.3 Å². The minimum atomic E-state index is -0.473. The van der Waals surface area contributed by atoms with E-state index < -0.39 is 6.03 Å². The third kappa shape index (κ3) is 3.75. The van der Waals surface area contributed by atoms with E-state index in [0.29, 0.717) is 33.5 Å². The molecule has 2 aromatic heterocycles. The molecule has 0 aliphatic heterocycles. The van der Waals surface area contributed by atoms with Gasteiger partial charge in [0.1, 0.15) is 5.82 Å². The van der Waals surface area contributed by atoms with Gasteiger partial charge in [0.15, 0.2) is 0 Å². The van der Waals surface area contributed by atoms with E-state index in [1.165, 1.54) is 4.68 Å². The molecule has 134 valence electrons. The number of carbonyl (C=O) groups excluding carboxylic acids is 1. The molecule has 0 saturated carbocycles. The van der Waals surface area contributed by atoms with Crippen LogP contribution in [0.3, 0.4) is 0 Å². The van der Waals surface area contributed by atoms with Gasteiger partial charge in [-0.05, 0) is 39.0 Å². The Labute approximate surface area is 154 Å². The van der Waals surface area contributed by atoms with Crippen molar-refractivity contribution in [3.63, 3.8) is 0 Å². The number of nitrogens with zero attached hydrogens (tertiary/aromatic N) is 3. The molecule has 2 amide bonds. The molecule has 0 spiro atoms. The minimum absolute atomic E-state index is 0.226. The third-order valence-electron chi connectivity index (χ3n) is 3.74. The summed E-state index contributed by atoms with van der Waals surface area (Å²) in [7, 11) is 0. The monoisotopic (exact) mass is 372 g/mol. The zero-order valence-electron chi connectivity index (χ0n) is 14.4. The molecule has 0 saturated heterocycles. The van der Waals surface area contributed by atoms with Gasteiger partial charge in [-0.1, -0.05) is 17.7 Å². The lowest BCUT2D eigenvalue weighted by Crippen LogP contribution is -2.23. The molecule has 3 N–H and O–H groups in total. The van der Waals surface area contributed by atoms with Crippen LogP contribution in [-0.4, -0.2) is 25.8 Å². The number of urea groups is 1. The topological polar surface area (TPSA) is 105 Å². The fraction of sp³-hybridized carbons (Fsp3) is 0.176. The second kappa shape index (κ2) is 7.01. The van der Waals surface area contributed by atoms with Gasteiger partial charge in [0.25, 0.3) is 5.56 Å². The highest BCUT2D eigenvalue weighted by molar-refractivity contribution is 6.30. The molecule has 9 heteroatoms. The fourth-order valence-corrected chi connectivity index (χ4v) is 2.52. The first-order valence-corrected chi connectivity index (χ1v) is 8.19. The lowest BCUT2D eigenvalue weighted by molar-refractivity contribution is 0.262. The molecule has 0 unspecified atom stereocenters. The standard InChI is InChI=1S/C17H17ClN6O2/c1-9-7-14(21-17(26)20-13-6-4-5-12(18)8-13)24(23-9)16-19-11(3)10(2)15(25)22-16/h4-8H,1-3H3,(H,19,22,25)(H2,20,21,26). The molecule has 1 aromatic carbocycles. The fourth-order valence-electron chi connectivity index (χ4n) is 2.33. The number of carbonyl (C=O) groups is 1. The molecule has 0 aliphatic rings. The van der Waals surface area contributed by atoms with E-state index >= 15 is 0 Å². The smallest absolute Gasteiger partial charge is 0.308 e. The number of aromatic amines is 1. The Morgan fingerprint density at radius 2 is 1.96 bits per heavy atom. The van der Waals surface area contributed by atoms with Gasteiger partial charge in [-0.2, -0.15) is 9.78 Å². The Kier molecular flexibility index (Phi) is 4.77. The maximum Gasteiger partial charge on any atom is 0.324 e. The quantitative estimate of drug-likeness (QED) is 0.656. The summed E-state index contributed by atoms with van der Waals surface area (Å²) >= 11 is 5.91. The van der Waals surface area contributed by atoms with Crippen LogP contribution in [0.1, 0.15) is 17.0 Å². The van der Waals surface area contributed by atoms with Crippen LogP contribution in [0.2, 0.25) is 5.02 Å². The largest absolute Gasteiger partial charge is 0.324 e. The molecule has 3 aromatic rings. The molecule has 0 atom stereocenters. The van der Waals surface area contributed by atoms with Gasteiger partial charge in [-0.15, -0.1) is 0 Å². The summed E-state index contributed by atoms with van der Waals surface area (Å²) in [5.74, 6) is 0.595. The molecule has 0 bridgehead atoms. The summed E-state index contributed by atoms with van der Waals surface area (Å²) in [6.45, 7) is 5.20. The second-order valence-corrected chi connectivity index (χ2v) is 6.21. The number of halogens is 1. The van der Waals surface area contributed by atoms with Crippen molar-refractivity contribution in [2.75, 3.05) is 10.6 Å². The van der Waals surface area contributed by atoms with Crippen molar-refractivity contribution in [2.24, 2.45) is 0 Å². The average Bonchev–Trinajstić information content (AvgIpc) is 2.92. The second-order valence-electron chi connectivity index (χ2n) is 5.77. The highest BCUT2D eigenvalue weighted by Crippen LogP contribution is 2.17. The number of aromatic nitrogens is 4. The highest BCUT2D eigenvalue weighted by Gasteiger charge is 2.14. The summed E-state index contributed by atoms with van der Waals surface area (Å²) in [6.07, 6.45) is 0. The molecule has 3 rings (SSSR count). The van der Waals surface area contributed by atoms with Crippen LogP contribution < -0.4 is 16.2 Å². The summed E-state index contributed by atoms with van der Waals surface area (Å²) in [5, 5.41) is 10.2. The molecule has 0 radical (unpaired) electrons. The lowest BCUT2D eigenvalue weighted by atomic mass is 10.3. The van der Waals surface area contributed by atoms with Gasteiger partial charge < -0.3 is 5.32 Å². The van der Waals surface area contributed by atoms with Crippen LogP contribution in [0.15, 0.2) is 35.1 Å². The van der Waals surface area contributed by atoms with Crippen LogP contribution in [-0.2, 0) is 0 Å². The van der Waals surface area contributed by atoms with Crippen molar-refractivity contribution in [2.45, 2.75) is 20.8 Å². The van der Waals surface area contributed by atoms with E-state index in [-0.39, 0.29) is 11.5 Å².